The van der Waals surface area contributed by atoms with E-state index in [1.807, 2.05) is 24.3 Å². The third-order valence-electron chi connectivity index (χ3n) is 4.88. The first-order valence-electron chi connectivity index (χ1n) is 11.8. The number of hydrogen-bond acceptors (Lipinski definition) is 4. The van der Waals surface area contributed by atoms with Crippen molar-refractivity contribution < 1.29 is 13.2 Å². The molecule has 0 aliphatic rings. The lowest BCUT2D eigenvalue weighted by Gasteiger charge is -2.09. The average molecular weight is 508 g/mol. The molecule has 192 valence electrons. The summed E-state index contributed by atoms with van der Waals surface area (Å²) in [6.45, 7) is 13.0. The van der Waals surface area contributed by atoms with Crippen molar-refractivity contribution in [2.45, 2.75) is 45.4 Å². The zero-order valence-electron chi connectivity index (χ0n) is 21.5. The molecule has 0 saturated carbocycles. The van der Waals surface area contributed by atoms with E-state index in [2.05, 4.69) is 39.6 Å². The lowest BCUT2D eigenvalue weighted by molar-refractivity contribution is 0.0953. The molecule has 0 aliphatic carbocycles. The van der Waals surface area contributed by atoms with Crippen molar-refractivity contribution >= 4 is 21.6 Å². The quantitative estimate of drug-likeness (QED) is 0.357. The van der Waals surface area contributed by atoms with E-state index in [-0.39, 0.29) is 10.8 Å². The van der Waals surface area contributed by atoms with Crippen LogP contribution in [0.3, 0.4) is 0 Å². The molecule has 6 nitrogen and oxygen atoms in total. The van der Waals surface area contributed by atoms with Crippen LogP contribution < -0.4 is 16.2 Å². The zero-order chi connectivity index (χ0) is 26.9. The van der Waals surface area contributed by atoms with Gasteiger partial charge < -0.3 is 11.1 Å². The molecule has 3 rings (SSSR count). The Morgan fingerprint density at radius 1 is 0.917 bits per heavy atom. The fourth-order valence-corrected chi connectivity index (χ4v) is 4.04. The second-order valence-electron chi connectivity index (χ2n) is 10.2. The molecule has 0 bridgehead atoms. The van der Waals surface area contributed by atoms with Crippen molar-refractivity contribution in [3.05, 3.63) is 96.1 Å². The van der Waals surface area contributed by atoms with Crippen LogP contribution in [0, 0.1) is 5.41 Å². The van der Waals surface area contributed by atoms with Crippen LogP contribution in [0.5, 0.6) is 0 Å². The zero-order valence-corrected chi connectivity index (χ0v) is 22.4. The molecule has 36 heavy (non-hydrogen) atoms. The Morgan fingerprint density at radius 2 is 1.53 bits per heavy atom. The van der Waals surface area contributed by atoms with Crippen LogP contribution in [0.1, 0.15) is 55.6 Å². The van der Waals surface area contributed by atoms with Crippen LogP contribution in [0.25, 0.3) is 16.8 Å². The van der Waals surface area contributed by atoms with E-state index in [0.29, 0.717) is 34.3 Å². The number of primary sulfonamides is 1. The molecule has 0 saturated heterocycles. The van der Waals surface area contributed by atoms with Crippen molar-refractivity contribution in [2.75, 3.05) is 6.54 Å². The van der Waals surface area contributed by atoms with Crippen molar-refractivity contribution in [2.24, 2.45) is 16.3 Å². The van der Waals surface area contributed by atoms with Crippen molar-refractivity contribution in [3.8, 4) is 11.1 Å². The molecule has 3 aromatic rings. The first kappa shape index (κ1) is 28.8. The molecular weight excluding hydrogens is 470 g/mol. The number of nitrogens with one attached hydrogen (secondary N) is 1. The monoisotopic (exact) mass is 507 g/mol. The summed E-state index contributed by atoms with van der Waals surface area (Å²) in [6.07, 6.45) is 1.59. The van der Waals surface area contributed by atoms with E-state index < -0.39 is 10.0 Å². The Morgan fingerprint density at radius 3 is 2.11 bits per heavy atom. The standard InChI is InChI=1S/C24H25N3O3S.C5H12/c1-17(25)21-8-4-6-18(16-21)7-5-15-27-24(28)20-13-11-19(12-14-20)22-9-2-3-10-23(22)31(26,29)30;1-5(2,3)4/h2-4,6,8-14,16H,1,5,7,15,25H2,(H,27,28)(H2,26,29,30);1-4H3. The van der Waals surface area contributed by atoms with Gasteiger partial charge in [-0.1, -0.05) is 82.8 Å². The SMILES string of the molecule is C=C(N)c1cccc(CCCNC(=O)c2ccc(-c3ccccc3S(N)(=O)=O)cc2)c1.CC(C)(C)C. The molecule has 3 aromatic carbocycles. The van der Waals surface area contributed by atoms with Gasteiger partial charge in [0, 0.05) is 23.4 Å². The maximum atomic E-state index is 12.4. The molecule has 1 amide bonds. The van der Waals surface area contributed by atoms with Crippen LogP contribution in [-0.2, 0) is 16.4 Å². The van der Waals surface area contributed by atoms with Gasteiger partial charge in [-0.25, -0.2) is 13.6 Å². The lowest BCUT2D eigenvalue weighted by Crippen LogP contribution is -2.24. The van der Waals surface area contributed by atoms with E-state index in [1.165, 1.54) is 6.07 Å². The first-order chi connectivity index (χ1) is 16.8. The van der Waals surface area contributed by atoms with Crippen molar-refractivity contribution in [3.63, 3.8) is 0 Å². The Balaban J connectivity index is 0.000000830. The molecule has 0 aliphatic heterocycles. The fraction of sp³-hybridized carbons (Fsp3) is 0.276. The van der Waals surface area contributed by atoms with Crippen LogP contribution in [0.2, 0.25) is 0 Å². The number of sulfonamides is 1. The lowest BCUT2D eigenvalue weighted by atomic mass is 10.0. The molecule has 0 fully saturated rings. The van der Waals surface area contributed by atoms with E-state index in [1.54, 1.807) is 42.5 Å². The molecule has 7 heteroatoms. The molecule has 0 spiro atoms. The number of benzene rings is 3. The molecule has 0 unspecified atom stereocenters. The van der Waals surface area contributed by atoms with E-state index in [9.17, 15) is 13.2 Å². The predicted molar refractivity (Wildman–Crippen MR) is 149 cm³/mol. The van der Waals surface area contributed by atoms with Gasteiger partial charge in [0.15, 0.2) is 0 Å². The Bertz CT molecular complexity index is 1290. The maximum absolute atomic E-state index is 12.4. The summed E-state index contributed by atoms with van der Waals surface area (Å²) in [4.78, 5) is 12.5. The number of nitrogens with two attached hydrogens (primary N) is 2. The normalized spacial score (nSPS) is 11.2. The Kier molecular flexibility index (Phi) is 10.0. The smallest absolute Gasteiger partial charge is 0.251 e. The summed E-state index contributed by atoms with van der Waals surface area (Å²) in [5.74, 6) is -0.185. The van der Waals surface area contributed by atoms with Crippen LogP contribution >= 0.6 is 0 Å². The molecule has 0 aromatic heterocycles. The van der Waals surface area contributed by atoms with Gasteiger partial charge in [0.1, 0.15) is 0 Å². The average Bonchev–Trinajstić information content (AvgIpc) is 2.80. The second-order valence-corrected chi connectivity index (χ2v) is 11.7. The first-order valence-corrected chi connectivity index (χ1v) is 13.3. The van der Waals surface area contributed by atoms with Gasteiger partial charge in [0.05, 0.1) is 4.90 Å². The summed E-state index contributed by atoms with van der Waals surface area (Å²) in [7, 11) is -3.84. The van der Waals surface area contributed by atoms with E-state index >= 15 is 0 Å². The summed E-state index contributed by atoms with van der Waals surface area (Å²) in [5, 5.41) is 8.21. The van der Waals surface area contributed by atoms with E-state index in [4.69, 9.17) is 10.9 Å². The number of rotatable bonds is 8. The third kappa shape index (κ3) is 9.68. The highest BCUT2D eigenvalue weighted by Gasteiger charge is 2.15. The van der Waals surface area contributed by atoms with Gasteiger partial charge >= 0.3 is 0 Å². The van der Waals surface area contributed by atoms with Crippen molar-refractivity contribution in [1.29, 1.82) is 0 Å². The molecular formula is C29H37N3O3S. The van der Waals surface area contributed by atoms with Crippen LogP contribution in [0.15, 0.2) is 84.3 Å². The Hall–Kier alpha value is -3.42. The number of hydrogen-bond donors (Lipinski definition) is 3. The van der Waals surface area contributed by atoms with Gasteiger partial charge in [-0.15, -0.1) is 0 Å². The number of carbonyl (C=O) groups is 1. The van der Waals surface area contributed by atoms with Gasteiger partial charge in [0.2, 0.25) is 10.0 Å². The molecule has 0 radical (unpaired) electrons. The Labute approximate surface area is 215 Å². The number of aryl methyl sites for hydroxylation is 1. The largest absolute Gasteiger partial charge is 0.399 e. The van der Waals surface area contributed by atoms with Gasteiger partial charge in [-0.05, 0) is 59.2 Å². The minimum absolute atomic E-state index is 0.0504. The summed E-state index contributed by atoms with van der Waals surface area (Å²) >= 11 is 0. The maximum Gasteiger partial charge on any atom is 0.251 e. The molecule has 5 N–H and O–H groups in total. The highest BCUT2D eigenvalue weighted by molar-refractivity contribution is 7.89. The van der Waals surface area contributed by atoms with Gasteiger partial charge in [0.25, 0.3) is 5.91 Å². The molecule has 0 heterocycles. The predicted octanol–water partition coefficient (Wildman–Crippen LogP) is 5.35. The number of carbonyl (C=O) groups excluding carboxylic acids is 1. The minimum Gasteiger partial charge on any atom is -0.399 e. The van der Waals surface area contributed by atoms with Crippen LogP contribution in [0.4, 0.5) is 0 Å². The molecule has 0 atom stereocenters. The summed E-state index contributed by atoms with van der Waals surface area (Å²) in [5.41, 5.74) is 10.5. The number of amides is 1. The second kappa shape index (κ2) is 12.5. The fourth-order valence-electron chi connectivity index (χ4n) is 3.28. The van der Waals surface area contributed by atoms with Gasteiger partial charge in [-0.2, -0.15) is 0 Å². The van der Waals surface area contributed by atoms with Gasteiger partial charge in [-0.3, -0.25) is 4.79 Å². The van der Waals surface area contributed by atoms with Crippen molar-refractivity contribution in [1.82, 2.24) is 5.32 Å². The minimum atomic E-state index is -3.84. The van der Waals surface area contributed by atoms with Crippen LogP contribution in [-0.4, -0.2) is 20.9 Å². The summed E-state index contributed by atoms with van der Waals surface area (Å²) < 4.78 is 23.6. The highest BCUT2D eigenvalue weighted by atomic mass is 32.2. The van der Waals surface area contributed by atoms with E-state index in [0.717, 1.165) is 24.0 Å². The topological polar surface area (TPSA) is 115 Å². The third-order valence-corrected chi connectivity index (χ3v) is 5.85. The highest BCUT2D eigenvalue weighted by Crippen LogP contribution is 2.26. The summed E-state index contributed by atoms with van der Waals surface area (Å²) in [6, 6.07) is 21.1.